The van der Waals surface area contributed by atoms with Gasteiger partial charge in [-0.15, -0.1) is 0 Å². The van der Waals surface area contributed by atoms with Crippen molar-refractivity contribution < 1.29 is 0 Å². The summed E-state index contributed by atoms with van der Waals surface area (Å²) in [6, 6.07) is 7.43. The number of benzene rings is 1. The summed E-state index contributed by atoms with van der Waals surface area (Å²) in [5, 5.41) is 12.5. The van der Waals surface area contributed by atoms with Gasteiger partial charge in [0.15, 0.2) is 0 Å². The quantitative estimate of drug-likeness (QED) is 0.802. The van der Waals surface area contributed by atoms with Crippen LogP contribution in [0, 0.1) is 11.3 Å². The van der Waals surface area contributed by atoms with Crippen LogP contribution in [0.25, 0.3) is 0 Å². The first-order valence-corrected chi connectivity index (χ1v) is 6.32. The Balaban J connectivity index is 2.49. The molecular weight excluding hydrogens is 228 g/mol. The van der Waals surface area contributed by atoms with Gasteiger partial charge in [0.2, 0.25) is 0 Å². The van der Waals surface area contributed by atoms with Crippen LogP contribution in [0.3, 0.4) is 0 Å². The van der Waals surface area contributed by atoms with E-state index in [2.05, 4.69) is 12.2 Å². The molecule has 0 unspecified atom stereocenters. The van der Waals surface area contributed by atoms with E-state index in [0.717, 1.165) is 23.7 Å². The number of nitrogens with one attached hydrogen (secondary N) is 1. The highest BCUT2D eigenvalue weighted by atomic mass is 35.5. The van der Waals surface area contributed by atoms with Crippen LogP contribution in [0.4, 0.5) is 5.69 Å². The van der Waals surface area contributed by atoms with Crippen LogP contribution in [-0.4, -0.2) is 18.1 Å². The number of nitrogens with zero attached hydrogens (tertiary/aromatic N) is 1. The molecule has 1 rings (SSSR count). The van der Waals surface area contributed by atoms with E-state index in [9.17, 15) is 0 Å². The maximum absolute atomic E-state index is 8.70. The zero-order valence-corrected chi connectivity index (χ0v) is 10.2. The predicted molar refractivity (Wildman–Crippen MR) is 67.7 cm³/mol. The lowest BCUT2D eigenvalue weighted by Crippen LogP contribution is -2.04. The van der Waals surface area contributed by atoms with Crippen molar-refractivity contribution in [2.45, 2.75) is 6.92 Å². The van der Waals surface area contributed by atoms with E-state index in [0.29, 0.717) is 10.6 Å². The van der Waals surface area contributed by atoms with E-state index < -0.39 is 0 Å². The second-order valence-electron chi connectivity index (χ2n) is 2.93. The Labute approximate surface area is 99.6 Å². The van der Waals surface area contributed by atoms with Gasteiger partial charge in [-0.25, -0.2) is 0 Å². The molecule has 0 amide bonds. The van der Waals surface area contributed by atoms with Gasteiger partial charge < -0.3 is 5.32 Å². The fraction of sp³-hybridized carbons (Fsp3) is 0.364. The number of halogens is 1. The molecule has 80 valence electrons. The fourth-order valence-electron chi connectivity index (χ4n) is 1.13. The molecular formula is C11H13ClN2S. The van der Waals surface area contributed by atoms with Crippen molar-refractivity contribution >= 4 is 29.1 Å². The van der Waals surface area contributed by atoms with E-state index in [1.165, 1.54) is 0 Å². The van der Waals surface area contributed by atoms with Crippen molar-refractivity contribution in [3.05, 3.63) is 28.8 Å². The molecule has 0 saturated heterocycles. The Bertz CT molecular complexity index is 360. The summed E-state index contributed by atoms with van der Waals surface area (Å²) >= 11 is 7.79. The minimum absolute atomic E-state index is 0.505. The van der Waals surface area contributed by atoms with Gasteiger partial charge in [0.1, 0.15) is 6.07 Å². The highest BCUT2D eigenvalue weighted by molar-refractivity contribution is 7.99. The highest BCUT2D eigenvalue weighted by Crippen LogP contribution is 2.20. The largest absolute Gasteiger partial charge is 0.384 e. The first-order valence-electron chi connectivity index (χ1n) is 4.79. The van der Waals surface area contributed by atoms with Crippen LogP contribution < -0.4 is 5.32 Å². The summed E-state index contributed by atoms with van der Waals surface area (Å²) in [6.07, 6.45) is 0. The molecule has 1 N–H and O–H groups in total. The predicted octanol–water partition coefficient (Wildman–Crippen LogP) is 3.38. The maximum Gasteiger partial charge on any atom is 0.101 e. The average Bonchev–Trinajstić information content (AvgIpc) is 2.25. The summed E-state index contributed by atoms with van der Waals surface area (Å²) in [6.45, 7) is 3.06. The van der Waals surface area contributed by atoms with Gasteiger partial charge in [-0.05, 0) is 24.0 Å². The lowest BCUT2D eigenvalue weighted by molar-refractivity contribution is 1.22. The molecule has 0 aliphatic heterocycles. The van der Waals surface area contributed by atoms with Gasteiger partial charge in [0, 0.05) is 18.0 Å². The molecule has 0 aliphatic carbocycles. The van der Waals surface area contributed by atoms with E-state index >= 15 is 0 Å². The molecule has 0 aromatic heterocycles. The van der Waals surface area contributed by atoms with Crippen LogP contribution in [0.2, 0.25) is 5.02 Å². The molecule has 0 fully saturated rings. The third kappa shape index (κ3) is 4.03. The minimum atomic E-state index is 0.505. The average molecular weight is 241 g/mol. The van der Waals surface area contributed by atoms with Crippen molar-refractivity contribution in [3.63, 3.8) is 0 Å². The Morgan fingerprint density at radius 1 is 1.53 bits per heavy atom. The molecule has 0 radical (unpaired) electrons. The van der Waals surface area contributed by atoms with Crippen molar-refractivity contribution in [3.8, 4) is 6.07 Å². The SMILES string of the molecule is CCSCCNc1ccc(C#N)c(Cl)c1. The molecule has 2 nitrogen and oxygen atoms in total. The second kappa shape index (κ2) is 6.60. The van der Waals surface area contributed by atoms with E-state index in [4.69, 9.17) is 16.9 Å². The lowest BCUT2D eigenvalue weighted by atomic mass is 10.2. The molecule has 0 bridgehead atoms. The number of anilines is 1. The summed E-state index contributed by atoms with van der Waals surface area (Å²) in [5.74, 6) is 2.21. The number of hydrogen-bond donors (Lipinski definition) is 1. The molecule has 0 saturated carbocycles. The first kappa shape index (κ1) is 12.2. The lowest BCUT2D eigenvalue weighted by Gasteiger charge is -2.06. The third-order valence-corrected chi connectivity index (χ3v) is 3.08. The van der Waals surface area contributed by atoms with Crippen LogP contribution in [0.15, 0.2) is 18.2 Å². The van der Waals surface area contributed by atoms with Gasteiger partial charge in [0.25, 0.3) is 0 Å². The number of nitriles is 1. The molecule has 0 spiro atoms. The summed E-state index contributed by atoms with van der Waals surface area (Å²) < 4.78 is 0. The van der Waals surface area contributed by atoms with Crippen LogP contribution in [0.1, 0.15) is 12.5 Å². The zero-order chi connectivity index (χ0) is 11.1. The van der Waals surface area contributed by atoms with Crippen molar-refractivity contribution in [1.82, 2.24) is 0 Å². The third-order valence-electron chi connectivity index (χ3n) is 1.87. The van der Waals surface area contributed by atoms with Gasteiger partial charge in [-0.1, -0.05) is 18.5 Å². The van der Waals surface area contributed by atoms with E-state index in [1.807, 2.05) is 23.9 Å². The van der Waals surface area contributed by atoms with E-state index in [1.54, 1.807) is 12.1 Å². The minimum Gasteiger partial charge on any atom is -0.384 e. The molecule has 0 aliphatic rings. The van der Waals surface area contributed by atoms with Crippen LogP contribution in [-0.2, 0) is 0 Å². The molecule has 1 aromatic carbocycles. The zero-order valence-electron chi connectivity index (χ0n) is 8.59. The normalized spacial score (nSPS) is 9.67. The Kier molecular flexibility index (Phi) is 5.38. The van der Waals surface area contributed by atoms with Crippen molar-refractivity contribution in [1.29, 1.82) is 5.26 Å². The van der Waals surface area contributed by atoms with Crippen molar-refractivity contribution in [2.75, 3.05) is 23.4 Å². The molecule has 15 heavy (non-hydrogen) atoms. The molecule has 0 heterocycles. The smallest absolute Gasteiger partial charge is 0.101 e. The van der Waals surface area contributed by atoms with Gasteiger partial charge in [0.05, 0.1) is 10.6 Å². The van der Waals surface area contributed by atoms with Gasteiger partial charge in [-0.2, -0.15) is 17.0 Å². The molecule has 0 atom stereocenters. The Hall–Kier alpha value is -0.850. The maximum atomic E-state index is 8.70. The second-order valence-corrected chi connectivity index (χ2v) is 4.73. The topological polar surface area (TPSA) is 35.8 Å². The molecule has 4 heteroatoms. The highest BCUT2D eigenvalue weighted by Gasteiger charge is 1.99. The fourth-order valence-corrected chi connectivity index (χ4v) is 1.89. The van der Waals surface area contributed by atoms with Crippen LogP contribution >= 0.6 is 23.4 Å². The summed E-state index contributed by atoms with van der Waals surface area (Å²) in [7, 11) is 0. The summed E-state index contributed by atoms with van der Waals surface area (Å²) in [5.41, 5.74) is 1.49. The van der Waals surface area contributed by atoms with Gasteiger partial charge >= 0.3 is 0 Å². The Morgan fingerprint density at radius 3 is 2.93 bits per heavy atom. The molecule has 1 aromatic rings. The number of hydrogen-bond acceptors (Lipinski definition) is 3. The number of thioether (sulfide) groups is 1. The van der Waals surface area contributed by atoms with Crippen molar-refractivity contribution in [2.24, 2.45) is 0 Å². The number of rotatable bonds is 5. The Morgan fingerprint density at radius 2 is 2.33 bits per heavy atom. The van der Waals surface area contributed by atoms with E-state index in [-0.39, 0.29) is 0 Å². The van der Waals surface area contributed by atoms with Crippen LogP contribution in [0.5, 0.6) is 0 Å². The first-order chi connectivity index (χ1) is 7.27. The van der Waals surface area contributed by atoms with Gasteiger partial charge in [-0.3, -0.25) is 0 Å². The standard InChI is InChI=1S/C11H13ClN2S/c1-2-15-6-5-14-10-4-3-9(8-13)11(12)7-10/h3-4,7,14H,2,5-6H2,1H3. The summed E-state index contributed by atoms with van der Waals surface area (Å²) in [4.78, 5) is 0. The monoisotopic (exact) mass is 240 g/mol.